The van der Waals surface area contributed by atoms with Crippen molar-refractivity contribution in [2.75, 3.05) is 59.6 Å². The third-order valence-electron chi connectivity index (χ3n) is 5.54. The van der Waals surface area contributed by atoms with Crippen LogP contribution in [0.2, 0.25) is 0 Å². The SMILES string of the molecule is COCCN1CCC(N2CCCN(C(=O)COc3ccc(C)cc3)CC2)C1=O. The number of hydrogen-bond acceptors (Lipinski definition) is 5. The summed E-state index contributed by atoms with van der Waals surface area (Å²) in [5.41, 5.74) is 1.16. The van der Waals surface area contributed by atoms with Crippen LogP contribution in [-0.4, -0.2) is 92.1 Å². The molecular formula is C21H31N3O4. The predicted octanol–water partition coefficient (Wildman–Crippen LogP) is 1.16. The van der Waals surface area contributed by atoms with Gasteiger partial charge in [0.15, 0.2) is 6.61 Å². The Morgan fingerprint density at radius 3 is 2.64 bits per heavy atom. The maximum absolute atomic E-state index is 12.6. The Hall–Kier alpha value is -2.12. The van der Waals surface area contributed by atoms with E-state index in [1.807, 2.05) is 41.0 Å². The second kappa shape index (κ2) is 9.89. The van der Waals surface area contributed by atoms with Gasteiger partial charge in [-0.05, 0) is 31.9 Å². The van der Waals surface area contributed by atoms with E-state index >= 15 is 0 Å². The van der Waals surface area contributed by atoms with Crippen molar-refractivity contribution in [3.8, 4) is 5.75 Å². The van der Waals surface area contributed by atoms with E-state index in [9.17, 15) is 9.59 Å². The van der Waals surface area contributed by atoms with Gasteiger partial charge in [0.25, 0.3) is 5.91 Å². The number of benzene rings is 1. The molecule has 1 aromatic rings. The molecule has 0 aliphatic carbocycles. The lowest BCUT2D eigenvalue weighted by Gasteiger charge is -2.26. The molecule has 2 saturated heterocycles. The van der Waals surface area contributed by atoms with Crippen molar-refractivity contribution in [1.82, 2.24) is 14.7 Å². The van der Waals surface area contributed by atoms with Gasteiger partial charge in [0.1, 0.15) is 5.75 Å². The van der Waals surface area contributed by atoms with Crippen molar-refractivity contribution in [1.29, 1.82) is 0 Å². The first-order chi connectivity index (χ1) is 13.6. The number of aryl methyl sites for hydroxylation is 1. The molecule has 2 aliphatic rings. The van der Waals surface area contributed by atoms with E-state index in [2.05, 4.69) is 4.90 Å². The van der Waals surface area contributed by atoms with Crippen molar-refractivity contribution in [3.05, 3.63) is 29.8 Å². The number of carbonyl (C=O) groups is 2. The molecule has 0 bridgehead atoms. The van der Waals surface area contributed by atoms with Gasteiger partial charge >= 0.3 is 0 Å². The first-order valence-electron chi connectivity index (χ1n) is 10.1. The highest BCUT2D eigenvalue weighted by molar-refractivity contribution is 5.84. The summed E-state index contributed by atoms with van der Waals surface area (Å²) in [4.78, 5) is 31.2. The molecule has 7 heteroatoms. The second-order valence-electron chi connectivity index (χ2n) is 7.49. The van der Waals surface area contributed by atoms with E-state index in [0.29, 0.717) is 32.0 Å². The van der Waals surface area contributed by atoms with Crippen LogP contribution in [-0.2, 0) is 14.3 Å². The van der Waals surface area contributed by atoms with E-state index in [1.165, 1.54) is 0 Å². The standard InChI is InChI=1S/C21H31N3O4/c1-17-4-6-18(7-5-17)28-16-20(25)23-10-3-9-22(12-13-23)19-8-11-24(21(19)26)14-15-27-2/h4-7,19H,3,8-16H2,1-2H3. The molecule has 1 atom stereocenters. The summed E-state index contributed by atoms with van der Waals surface area (Å²) in [7, 11) is 1.65. The Labute approximate surface area is 167 Å². The Morgan fingerprint density at radius 1 is 1.11 bits per heavy atom. The summed E-state index contributed by atoms with van der Waals surface area (Å²) in [5, 5.41) is 0. The molecule has 3 rings (SSSR count). The maximum atomic E-state index is 12.6. The molecule has 1 aromatic carbocycles. The van der Waals surface area contributed by atoms with Crippen LogP contribution in [0.1, 0.15) is 18.4 Å². The van der Waals surface area contributed by atoms with Gasteiger partial charge in [0, 0.05) is 46.4 Å². The fourth-order valence-corrected chi connectivity index (χ4v) is 3.85. The van der Waals surface area contributed by atoms with Gasteiger partial charge in [-0.1, -0.05) is 17.7 Å². The van der Waals surface area contributed by atoms with Gasteiger partial charge in [-0.3, -0.25) is 14.5 Å². The first kappa shape index (κ1) is 20.6. The van der Waals surface area contributed by atoms with Crippen molar-refractivity contribution < 1.29 is 19.1 Å². The van der Waals surface area contributed by atoms with Gasteiger partial charge in [-0.15, -0.1) is 0 Å². The fourth-order valence-electron chi connectivity index (χ4n) is 3.85. The normalized spacial score (nSPS) is 21.1. The number of methoxy groups -OCH3 is 1. The van der Waals surface area contributed by atoms with E-state index in [-0.39, 0.29) is 24.5 Å². The lowest BCUT2D eigenvalue weighted by atomic mass is 10.2. The molecule has 0 N–H and O–H groups in total. The van der Waals surface area contributed by atoms with Gasteiger partial charge in [-0.25, -0.2) is 0 Å². The summed E-state index contributed by atoms with van der Waals surface area (Å²) >= 11 is 0. The van der Waals surface area contributed by atoms with E-state index in [1.54, 1.807) is 7.11 Å². The molecule has 154 valence electrons. The van der Waals surface area contributed by atoms with Crippen molar-refractivity contribution in [3.63, 3.8) is 0 Å². The number of likely N-dealkylation sites (tertiary alicyclic amines) is 1. The van der Waals surface area contributed by atoms with Crippen LogP contribution >= 0.6 is 0 Å². The molecule has 0 spiro atoms. The molecule has 0 aromatic heterocycles. The number of carbonyl (C=O) groups excluding carboxylic acids is 2. The van der Waals surface area contributed by atoms with Crippen molar-refractivity contribution >= 4 is 11.8 Å². The molecule has 2 fully saturated rings. The Morgan fingerprint density at radius 2 is 1.89 bits per heavy atom. The number of amides is 2. The van der Waals surface area contributed by atoms with Crippen LogP contribution in [0, 0.1) is 6.92 Å². The second-order valence-corrected chi connectivity index (χ2v) is 7.49. The minimum absolute atomic E-state index is 0.00175. The molecular weight excluding hydrogens is 358 g/mol. The lowest BCUT2D eigenvalue weighted by molar-refractivity contribution is -0.133. The predicted molar refractivity (Wildman–Crippen MR) is 106 cm³/mol. The number of nitrogens with zero attached hydrogens (tertiary/aromatic N) is 3. The zero-order valence-electron chi connectivity index (χ0n) is 16.9. The van der Waals surface area contributed by atoms with Crippen LogP contribution in [0.4, 0.5) is 0 Å². The Kier molecular flexibility index (Phi) is 7.28. The molecule has 0 radical (unpaired) electrons. The van der Waals surface area contributed by atoms with Gasteiger partial charge in [-0.2, -0.15) is 0 Å². The Bertz CT molecular complexity index is 664. The number of hydrogen-bond donors (Lipinski definition) is 0. The summed E-state index contributed by atoms with van der Waals surface area (Å²) in [6.07, 6.45) is 1.73. The van der Waals surface area contributed by atoms with E-state index < -0.39 is 0 Å². The van der Waals surface area contributed by atoms with Crippen LogP contribution < -0.4 is 4.74 Å². The third-order valence-corrected chi connectivity index (χ3v) is 5.54. The van der Waals surface area contributed by atoms with Crippen molar-refractivity contribution in [2.45, 2.75) is 25.8 Å². The lowest BCUT2D eigenvalue weighted by Crippen LogP contribution is -2.44. The first-order valence-corrected chi connectivity index (χ1v) is 10.1. The summed E-state index contributed by atoms with van der Waals surface area (Å²) in [5.74, 6) is 0.907. The van der Waals surface area contributed by atoms with Crippen LogP contribution in [0.3, 0.4) is 0 Å². The average Bonchev–Trinajstić information content (AvgIpc) is 2.91. The van der Waals surface area contributed by atoms with Gasteiger partial charge < -0.3 is 19.3 Å². The molecule has 2 heterocycles. The maximum Gasteiger partial charge on any atom is 0.260 e. The minimum Gasteiger partial charge on any atom is -0.484 e. The van der Waals surface area contributed by atoms with Crippen LogP contribution in [0.5, 0.6) is 5.75 Å². The third kappa shape index (κ3) is 5.23. The molecule has 1 unspecified atom stereocenters. The quantitative estimate of drug-likeness (QED) is 0.700. The zero-order chi connectivity index (χ0) is 19.9. The highest BCUT2D eigenvalue weighted by atomic mass is 16.5. The van der Waals surface area contributed by atoms with Crippen LogP contribution in [0.15, 0.2) is 24.3 Å². The highest BCUT2D eigenvalue weighted by Gasteiger charge is 2.36. The molecule has 2 aliphatic heterocycles. The number of rotatable bonds is 7. The highest BCUT2D eigenvalue weighted by Crippen LogP contribution is 2.19. The largest absolute Gasteiger partial charge is 0.484 e. The number of ether oxygens (including phenoxy) is 2. The van der Waals surface area contributed by atoms with Gasteiger partial charge in [0.05, 0.1) is 12.6 Å². The van der Waals surface area contributed by atoms with Gasteiger partial charge in [0.2, 0.25) is 5.91 Å². The molecule has 0 saturated carbocycles. The summed E-state index contributed by atoms with van der Waals surface area (Å²) < 4.78 is 10.7. The summed E-state index contributed by atoms with van der Waals surface area (Å²) in [6, 6.07) is 7.65. The smallest absolute Gasteiger partial charge is 0.260 e. The van der Waals surface area contributed by atoms with E-state index in [4.69, 9.17) is 9.47 Å². The average molecular weight is 389 g/mol. The monoisotopic (exact) mass is 389 g/mol. The Balaban J connectivity index is 1.47. The minimum atomic E-state index is -0.0595. The van der Waals surface area contributed by atoms with Crippen molar-refractivity contribution in [2.24, 2.45) is 0 Å². The molecule has 2 amide bonds. The van der Waals surface area contributed by atoms with Crippen LogP contribution in [0.25, 0.3) is 0 Å². The molecule has 28 heavy (non-hydrogen) atoms. The topological polar surface area (TPSA) is 62.3 Å². The molecule has 7 nitrogen and oxygen atoms in total. The summed E-state index contributed by atoms with van der Waals surface area (Å²) in [6.45, 7) is 7.00. The van der Waals surface area contributed by atoms with E-state index in [0.717, 1.165) is 38.0 Å². The fraction of sp³-hybridized carbons (Fsp3) is 0.619. The zero-order valence-corrected chi connectivity index (χ0v) is 16.9.